The van der Waals surface area contributed by atoms with Gasteiger partial charge in [0.05, 0.1) is 18.3 Å². The average Bonchev–Trinajstić information content (AvgIpc) is 3.39. The summed E-state index contributed by atoms with van der Waals surface area (Å²) in [6.45, 7) is -0.0455. The minimum atomic E-state index is -5.01. The number of hydrogen-bond donors (Lipinski definition) is 4. The van der Waals surface area contributed by atoms with Crippen LogP contribution in [0.4, 0.5) is 4.79 Å². The van der Waals surface area contributed by atoms with E-state index in [2.05, 4.69) is 19.4 Å². The molecule has 2 aliphatic heterocycles. The Labute approximate surface area is 231 Å². The highest BCUT2D eigenvalue weighted by Crippen LogP contribution is 2.46. The zero-order chi connectivity index (χ0) is 28.6. The van der Waals surface area contributed by atoms with Gasteiger partial charge in [-0.25, -0.2) is 4.79 Å². The maximum atomic E-state index is 13.1. The van der Waals surface area contributed by atoms with Crippen molar-refractivity contribution in [3.05, 3.63) is 46.8 Å². The third-order valence-electron chi connectivity index (χ3n) is 7.41. The molecule has 1 saturated heterocycles. The van der Waals surface area contributed by atoms with E-state index in [1.54, 1.807) is 19.2 Å². The first-order valence-corrected chi connectivity index (χ1v) is 14.2. The second-order valence-corrected chi connectivity index (χ2v) is 10.9. The largest absolute Gasteiger partial charge is 0.487 e. The number of nitrogens with one attached hydrogen (secondary N) is 1. The zero-order valence-corrected chi connectivity index (χ0v) is 22.9. The highest BCUT2D eigenvalue weighted by Gasteiger charge is 2.54. The second-order valence-electron chi connectivity index (χ2n) is 9.89. The van der Waals surface area contributed by atoms with Crippen LogP contribution in [0, 0.1) is 0 Å². The number of ether oxygens (including phenoxy) is 1. The Bertz CT molecular complexity index is 1430. The fourth-order valence-electron chi connectivity index (χ4n) is 5.63. The van der Waals surface area contributed by atoms with Gasteiger partial charge in [0.1, 0.15) is 41.8 Å². The van der Waals surface area contributed by atoms with E-state index in [-0.39, 0.29) is 25.0 Å². The molecule has 0 unspecified atom stereocenters. The van der Waals surface area contributed by atoms with Crippen LogP contribution in [-0.4, -0.2) is 75.3 Å². The molecule has 40 heavy (non-hydrogen) atoms. The van der Waals surface area contributed by atoms with Gasteiger partial charge in [0, 0.05) is 25.2 Å². The summed E-state index contributed by atoms with van der Waals surface area (Å²) in [5, 5.41) is 14.8. The molecule has 3 aliphatic rings. The number of nitrogens with two attached hydrogens (primary N) is 1. The number of aryl methyl sites for hydroxylation is 1. The number of aliphatic imine (C=N–C) groups is 2. The summed E-state index contributed by atoms with van der Waals surface area (Å²) in [5.41, 5.74) is 10.4. The Morgan fingerprint density at radius 3 is 2.55 bits per heavy atom. The van der Waals surface area contributed by atoms with Crippen molar-refractivity contribution >= 4 is 28.1 Å². The molecule has 0 spiro atoms. The Balaban J connectivity index is 1.40. The summed E-state index contributed by atoms with van der Waals surface area (Å²) in [6, 6.07) is 4.75. The van der Waals surface area contributed by atoms with Crippen LogP contribution in [0.1, 0.15) is 66.7 Å². The van der Waals surface area contributed by atoms with Crippen molar-refractivity contribution in [2.24, 2.45) is 22.8 Å². The van der Waals surface area contributed by atoms with Gasteiger partial charge in [0.25, 0.3) is 0 Å². The first-order valence-electron chi connectivity index (χ1n) is 12.9. The van der Waals surface area contributed by atoms with Gasteiger partial charge in [-0.2, -0.15) is 18.6 Å². The van der Waals surface area contributed by atoms with Gasteiger partial charge in [0.15, 0.2) is 0 Å². The average molecular weight is 577 g/mol. The molecule has 0 radical (unpaired) electrons. The molecule has 3 heterocycles. The predicted octanol–water partition coefficient (Wildman–Crippen LogP) is 1.61. The molecular formula is C24H32N8O7S. The van der Waals surface area contributed by atoms with E-state index < -0.39 is 28.5 Å². The normalized spacial score (nSPS) is 22.1. The standard InChI is InChI=1S/C24H32N8O7S/c1-26-23(29-34)21-20-19(18-12-31(21)24(33)32(18)39-40(35,36)37)17(28-30(20)2)13-38-16-10-8-14(9-11-16)22(25)27-15-6-4-3-5-7-15/h8-11,15,18,21,34H,3-7,12-13H2,1-2H3,(H2,25,27)(H,26,29)(H,35,36,37)/t18-,21-/m0/s1. The topological polar surface area (TPSA) is 197 Å². The maximum absolute atomic E-state index is 13.1. The lowest BCUT2D eigenvalue weighted by Gasteiger charge is -2.31. The molecule has 1 aromatic heterocycles. The Morgan fingerprint density at radius 2 is 1.93 bits per heavy atom. The van der Waals surface area contributed by atoms with E-state index in [4.69, 9.17) is 10.5 Å². The van der Waals surface area contributed by atoms with Gasteiger partial charge in [0.2, 0.25) is 0 Å². The first kappa shape index (κ1) is 27.8. The number of fused-ring (bicyclic) bond motifs is 4. The van der Waals surface area contributed by atoms with E-state index >= 15 is 0 Å². The van der Waals surface area contributed by atoms with Crippen molar-refractivity contribution in [2.75, 3.05) is 13.6 Å². The van der Waals surface area contributed by atoms with Gasteiger partial charge >= 0.3 is 16.4 Å². The highest BCUT2D eigenvalue weighted by atomic mass is 32.3. The number of amidine groups is 2. The van der Waals surface area contributed by atoms with Crippen LogP contribution in [0.25, 0.3) is 0 Å². The number of carbonyl (C=O) groups excluding carboxylic acids is 1. The van der Waals surface area contributed by atoms with Crippen LogP contribution in [0.15, 0.2) is 34.3 Å². The first-order chi connectivity index (χ1) is 19.1. The van der Waals surface area contributed by atoms with Gasteiger partial charge in [-0.05, 0) is 37.1 Å². The molecule has 2 aromatic rings. The van der Waals surface area contributed by atoms with Crippen molar-refractivity contribution in [2.45, 2.75) is 56.8 Å². The number of amides is 2. The number of aromatic nitrogens is 2. The quantitative estimate of drug-likeness (QED) is 0.155. The van der Waals surface area contributed by atoms with Crippen molar-refractivity contribution in [3.63, 3.8) is 0 Å². The van der Waals surface area contributed by atoms with E-state index in [1.807, 2.05) is 17.6 Å². The molecule has 2 fully saturated rings. The predicted molar refractivity (Wildman–Crippen MR) is 142 cm³/mol. The van der Waals surface area contributed by atoms with E-state index in [1.165, 1.54) is 35.9 Å². The number of hydroxylamine groups is 3. The van der Waals surface area contributed by atoms with E-state index in [0.29, 0.717) is 33.6 Å². The van der Waals surface area contributed by atoms with Gasteiger partial charge < -0.3 is 15.4 Å². The van der Waals surface area contributed by atoms with Gasteiger partial charge in [-0.15, -0.1) is 4.28 Å². The summed E-state index contributed by atoms with van der Waals surface area (Å²) in [7, 11) is -1.94. The number of benzene rings is 1. The molecule has 2 amide bonds. The molecule has 5 rings (SSSR count). The minimum absolute atomic E-state index is 0.0142. The summed E-state index contributed by atoms with van der Waals surface area (Å²) < 4.78 is 44.5. The third kappa shape index (κ3) is 5.34. The summed E-state index contributed by atoms with van der Waals surface area (Å²) in [4.78, 5) is 23.1. The summed E-state index contributed by atoms with van der Waals surface area (Å²) in [6.07, 6.45) is 5.68. The van der Waals surface area contributed by atoms with E-state index in [9.17, 15) is 23.0 Å². The molecule has 216 valence electrons. The van der Waals surface area contributed by atoms with Crippen molar-refractivity contribution < 1.29 is 32.0 Å². The second kappa shape index (κ2) is 11.0. The zero-order valence-electron chi connectivity index (χ0n) is 22.1. The molecule has 1 saturated carbocycles. The molecule has 5 N–H and O–H groups in total. The minimum Gasteiger partial charge on any atom is -0.487 e. The fraction of sp³-hybridized carbons (Fsp3) is 0.500. The molecule has 1 aliphatic carbocycles. The van der Waals surface area contributed by atoms with Crippen LogP contribution in [-0.2, 0) is 28.3 Å². The van der Waals surface area contributed by atoms with Crippen molar-refractivity contribution in [1.29, 1.82) is 0 Å². The number of hydrogen-bond acceptors (Lipinski definition) is 9. The van der Waals surface area contributed by atoms with Crippen LogP contribution in [0.2, 0.25) is 0 Å². The fourth-order valence-corrected chi connectivity index (χ4v) is 6.00. The Hall–Kier alpha value is -3.73. The highest BCUT2D eigenvalue weighted by molar-refractivity contribution is 7.80. The Kier molecular flexibility index (Phi) is 7.67. The van der Waals surface area contributed by atoms with Crippen molar-refractivity contribution in [3.8, 4) is 5.75 Å². The van der Waals surface area contributed by atoms with Crippen LogP contribution in [0.5, 0.6) is 5.75 Å². The number of nitrogens with zero attached hydrogens (tertiary/aromatic N) is 6. The molecule has 15 nitrogen and oxygen atoms in total. The lowest BCUT2D eigenvalue weighted by atomic mass is 9.94. The van der Waals surface area contributed by atoms with Crippen molar-refractivity contribution in [1.82, 2.24) is 25.2 Å². The van der Waals surface area contributed by atoms with Gasteiger partial charge in [-0.3, -0.25) is 29.9 Å². The maximum Gasteiger partial charge on any atom is 0.418 e. The molecule has 1 aromatic carbocycles. The van der Waals surface area contributed by atoms with Crippen LogP contribution < -0.4 is 16.0 Å². The van der Waals surface area contributed by atoms with E-state index in [0.717, 1.165) is 18.4 Å². The van der Waals surface area contributed by atoms with Crippen LogP contribution >= 0.6 is 0 Å². The Morgan fingerprint density at radius 1 is 1.23 bits per heavy atom. The lowest BCUT2D eigenvalue weighted by molar-refractivity contribution is -0.0320. The van der Waals surface area contributed by atoms with Gasteiger partial charge in [-0.1, -0.05) is 19.3 Å². The molecule has 2 bridgehead atoms. The lowest BCUT2D eigenvalue weighted by Crippen LogP contribution is -2.43. The molecule has 2 atom stereocenters. The smallest absolute Gasteiger partial charge is 0.418 e. The third-order valence-corrected chi connectivity index (χ3v) is 7.76. The summed E-state index contributed by atoms with van der Waals surface area (Å²) in [5.74, 6) is 1.05. The SMILES string of the molecule is CN=C(NO)[C@@H]1c2c(c(COc3ccc(C(N)=NC4CCCCC4)cc3)nn2C)[C@@H]2CN1C(=O)N2OS(=O)(=O)O. The number of carbonyl (C=O) groups is 1. The summed E-state index contributed by atoms with van der Waals surface area (Å²) >= 11 is 0. The van der Waals surface area contributed by atoms with Crippen LogP contribution in [0.3, 0.4) is 0 Å². The molecule has 16 heteroatoms. The monoisotopic (exact) mass is 576 g/mol. The number of urea groups is 1. The number of rotatable bonds is 8. The molecular weight excluding hydrogens is 544 g/mol.